The van der Waals surface area contributed by atoms with Crippen molar-refractivity contribution in [3.8, 4) is 0 Å². The fraction of sp³-hybridized carbons (Fsp3) is 0.375. The molecular weight excluding hydrogens is 602 g/mol. The predicted octanol–water partition coefficient (Wildman–Crippen LogP) is 5.54. The summed E-state index contributed by atoms with van der Waals surface area (Å²) in [5, 5.41) is 2.86. The van der Waals surface area contributed by atoms with E-state index in [1.807, 2.05) is 75.4 Å². The van der Waals surface area contributed by atoms with E-state index in [9.17, 15) is 18.0 Å². The number of piperidine rings is 1. The minimum atomic E-state index is -4.00. The molecule has 7 nitrogen and oxygen atoms in total. The first kappa shape index (κ1) is 30.9. The van der Waals surface area contributed by atoms with Gasteiger partial charge in [0.2, 0.25) is 21.8 Å². The molecule has 0 saturated carbocycles. The summed E-state index contributed by atoms with van der Waals surface area (Å²) in [5.41, 5.74) is 6.04. The quantitative estimate of drug-likeness (QED) is 0.333. The highest BCUT2D eigenvalue weighted by molar-refractivity contribution is 9.10. The average molecular weight is 641 g/mol. The van der Waals surface area contributed by atoms with Gasteiger partial charge in [0.05, 0.1) is 11.4 Å². The van der Waals surface area contributed by atoms with Crippen molar-refractivity contribution in [2.45, 2.75) is 64.8 Å². The zero-order valence-electron chi connectivity index (χ0n) is 24.3. The molecule has 1 N–H and O–H groups in total. The molecule has 1 unspecified atom stereocenters. The van der Waals surface area contributed by atoms with Crippen molar-refractivity contribution < 1.29 is 18.0 Å². The van der Waals surface area contributed by atoms with Crippen molar-refractivity contribution in [3.05, 3.63) is 92.5 Å². The number of carbonyl (C=O) groups is 2. The van der Waals surface area contributed by atoms with Crippen LogP contribution in [-0.2, 0) is 26.0 Å². The summed E-state index contributed by atoms with van der Waals surface area (Å²) in [7, 11) is -4.00. The van der Waals surface area contributed by atoms with Crippen LogP contribution in [0.25, 0.3) is 0 Å². The molecule has 1 aliphatic rings. The third-order valence-electron chi connectivity index (χ3n) is 7.51. The lowest BCUT2D eigenvalue weighted by molar-refractivity contribution is -0.128. The van der Waals surface area contributed by atoms with E-state index in [2.05, 4.69) is 21.2 Å². The molecule has 2 amide bonds. The second kappa shape index (κ2) is 12.9. The molecule has 1 atom stereocenters. The lowest BCUT2D eigenvalue weighted by atomic mass is 10.0. The van der Waals surface area contributed by atoms with Crippen LogP contribution in [0.2, 0.25) is 0 Å². The number of carbonyl (C=O) groups excluding carboxylic acids is 2. The lowest BCUT2D eigenvalue weighted by Gasteiger charge is -2.35. The number of benzene rings is 3. The first-order valence-electron chi connectivity index (χ1n) is 13.9. The fourth-order valence-electron chi connectivity index (χ4n) is 5.85. The Bertz CT molecular complexity index is 1510. The van der Waals surface area contributed by atoms with Gasteiger partial charge in [0.1, 0.15) is 6.04 Å². The van der Waals surface area contributed by atoms with E-state index in [0.29, 0.717) is 30.5 Å². The van der Waals surface area contributed by atoms with E-state index in [0.717, 1.165) is 38.8 Å². The Morgan fingerprint density at radius 2 is 1.59 bits per heavy atom. The van der Waals surface area contributed by atoms with Gasteiger partial charge in [-0.25, -0.2) is 8.42 Å². The third kappa shape index (κ3) is 7.08. The average Bonchev–Trinajstić information content (AvgIpc) is 2.87. The van der Waals surface area contributed by atoms with Gasteiger partial charge in [-0.15, -0.1) is 0 Å². The summed E-state index contributed by atoms with van der Waals surface area (Å²) in [6, 6.07) is 16.5. The Balaban J connectivity index is 1.57. The van der Waals surface area contributed by atoms with Crippen LogP contribution in [-0.4, -0.2) is 50.2 Å². The van der Waals surface area contributed by atoms with Gasteiger partial charge >= 0.3 is 0 Å². The Morgan fingerprint density at radius 3 is 2.20 bits per heavy atom. The summed E-state index contributed by atoms with van der Waals surface area (Å²) in [4.78, 5) is 28.9. The first-order chi connectivity index (χ1) is 19.4. The molecule has 218 valence electrons. The number of aryl methyl sites for hydroxylation is 5. The summed E-state index contributed by atoms with van der Waals surface area (Å²) in [6.07, 6.45) is 1.68. The zero-order valence-corrected chi connectivity index (χ0v) is 26.7. The molecule has 0 spiro atoms. The van der Waals surface area contributed by atoms with Crippen LogP contribution in [0, 0.1) is 34.6 Å². The van der Waals surface area contributed by atoms with Crippen LogP contribution in [0.3, 0.4) is 0 Å². The van der Waals surface area contributed by atoms with Crippen molar-refractivity contribution in [2.75, 3.05) is 24.5 Å². The Morgan fingerprint density at radius 1 is 0.976 bits per heavy atom. The van der Waals surface area contributed by atoms with Crippen LogP contribution in [0.15, 0.2) is 64.0 Å². The van der Waals surface area contributed by atoms with Crippen LogP contribution < -0.4 is 10.2 Å². The number of anilines is 1. The molecule has 0 aromatic heterocycles. The maximum Gasteiger partial charge on any atom is 0.249 e. The van der Waals surface area contributed by atoms with E-state index >= 15 is 0 Å². The molecule has 1 aliphatic heterocycles. The summed E-state index contributed by atoms with van der Waals surface area (Å²) in [5.74, 6) is -0.671. The molecular formula is C32H38BrN3O4S. The van der Waals surface area contributed by atoms with E-state index in [1.54, 1.807) is 18.7 Å². The van der Waals surface area contributed by atoms with Crippen molar-refractivity contribution >= 4 is 43.5 Å². The van der Waals surface area contributed by atoms with Gasteiger partial charge in [-0.2, -0.15) is 4.31 Å². The van der Waals surface area contributed by atoms with Gasteiger partial charge in [0, 0.05) is 23.2 Å². The van der Waals surface area contributed by atoms with Gasteiger partial charge in [0.15, 0.2) is 0 Å². The normalized spacial score (nSPS) is 15.8. The van der Waals surface area contributed by atoms with E-state index in [-0.39, 0.29) is 23.9 Å². The second-order valence-corrected chi connectivity index (χ2v) is 13.7. The highest BCUT2D eigenvalue weighted by atomic mass is 79.9. The zero-order chi connectivity index (χ0) is 29.9. The van der Waals surface area contributed by atoms with Crippen molar-refractivity contribution in [2.24, 2.45) is 0 Å². The number of nitrogens with zero attached hydrogens (tertiary/aromatic N) is 2. The number of hydrogen-bond acceptors (Lipinski definition) is 4. The molecule has 9 heteroatoms. The second-order valence-electron chi connectivity index (χ2n) is 10.9. The molecule has 1 saturated heterocycles. The number of halogens is 1. The maximum atomic E-state index is 14.0. The Kier molecular flexibility index (Phi) is 9.72. The van der Waals surface area contributed by atoms with Gasteiger partial charge < -0.3 is 10.2 Å². The molecule has 0 bridgehead atoms. The number of nitrogens with one attached hydrogen (secondary N) is 1. The number of amides is 2. The predicted molar refractivity (Wildman–Crippen MR) is 167 cm³/mol. The summed E-state index contributed by atoms with van der Waals surface area (Å²) in [6.45, 7) is 9.75. The first-order valence-corrected chi connectivity index (χ1v) is 16.1. The maximum absolute atomic E-state index is 14.0. The number of sulfonamides is 1. The molecule has 0 aliphatic carbocycles. The fourth-order valence-corrected chi connectivity index (χ4v) is 8.34. The molecule has 1 fully saturated rings. The molecule has 3 aromatic carbocycles. The highest BCUT2D eigenvalue weighted by Crippen LogP contribution is 2.31. The van der Waals surface area contributed by atoms with E-state index < -0.39 is 22.0 Å². The smallest absolute Gasteiger partial charge is 0.249 e. The summed E-state index contributed by atoms with van der Waals surface area (Å²) < 4.78 is 30.2. The van der Waals surface area contributed by atoms with Gasteiger partial charge in [-0.05, 0) is 93.8 Å². The lowest BCUT2D eigenvalue weighted by Crippen LogP contribution is -2.54. The minimum absolute atomic E-state index is 0.133. The molecule has 41 heavy (non-hydrogen) atoms. The van der Waals surface area contributed by atoms with Crippen LogP contribution in [0.4, 0.5) is 5.69 Å². The largest absolute Gasteiger partial charge is 0.343 e. The van der Waals surface area contributed by atoms with E-state index in [1.165, 1.54) is 4.31 Å². The van der Waals surface area contributed by atoms with Gasteiger partial charge in [-0.3, -0.25) is 9.59 Å². The van der Waals surface area contributed by atoms with Crippen molar-refractivity contribution in [3.63, 3.8) is 0 Å². The molecule has 4 rings (SSSR count). The minimum Gasteiger partial charge on any atom is -0.343 e. The van der Waals surface area contributed by atoms with Crippen molar-refractivity contribution in [1.29, 1.82) is 0 Å². The standard InChI is InChI=1S/C32H38BrN3O4S/c1-21-16-24(4)31(25(5)17-21)41(39,40)35(15-13-26-10-7-6-8-11-26)20-29(37)34-28-12-9-14-36(32(28)38)30-22(2)18-27(33)19-23(30)3/h6-8,10-11,16-19,28H,9,12-15,20H2,1-5H3,(H,34,37). The molecule has 3 aromatic rings. The van der Waals surface area contributed by atoms with Crippen LogP contribution in [0.1, 0.15) is 46.2 Å². The number of rotatable bonds is 9. The monoisotopic (exact) mass is 639 g/mol. The SMILES string of the molecule is Cc1cc(C)c(S(=O)(=O)N(CCc2ccccc2)CC(=O)NC2CCCN(c3c(C)cc(Br)cc3C)C2=O)c(C)c1. The van der Waals surface area contributed by atoms with E-state index in [4.69, 9.17) is 0 Å². The Hall–Kier alpha value is -3.01. The highest BCUT2D eigenvalue weighted by Gasteiger charge is 2.34. The van der Waals surface area contributed by atoms with Crippen LogP contribution in [0.5, 0.6) is 0 Å². The summed E-state index contributed by atoms with van der Waals surface area (Å²) >= 11 is 3.51. The molecule has 0 radical (unpaired) electrons. The molecule has 1 heterocycles. The van der Waals surface area contributed by atoms with Gasteiger partial charge in [-0.1, -0.05) is 64.0 Å². The Labute approximate surface area is 252 Å². The van der Waals surface area contributed by atoms with Gasteiger partial charge in [0.25, 0.3) is 0 Å². The van der Waals surface area contributed by atoms with Crippen LogP contribution >= 0.6 is 15.9 Å². The topological polar surface area (TPSA) is 86.8 Å². The van der Waals surface area contributed by atoms with Crippen molar-refractivity contribution in [1.82, 2.24) is 9.62 Å². The third-order valence-corrected chi connectivity index (χ3v) is 10.1. The number of hydrogen-bond donors (Lipinski definition) is 1.